The normalized spacial score (nSPS) is 33.5. The Bertz CT molecular complexity index is 119. The van der Waals surface area contributed by atoms with Gasteiger partial charge in [-0.05, 0) is 11.9 Å². The molecule has 2 aliphatic rings. The van der Waals surface area contributed by atoms with Crippen LogP contribution in [0.1, 0.15) is 0 Å². The summed E-state index contributed by atoms with van der Waals surface area (Å²) in [6, 6.07) is 0. The van der Waals surface area contributed by atoms with Crippen LogP contribution in [-0.4, -0.2) is 49.3 Å². The first-order valence-electron chi connectivity index (χ1n) is 4.25. The summed E-state index contributed by atoms with van der Waals surface area (Å²) in [5.41, 5.74) is 0. The standard InChI is InChI=1S/C7H14N2O2S/c1-3-10-5-7(8-1)9-2-4-11-6-12-9/h7-8H,1-6H2. The minimum atomic E-state index is 0.382. The van der Waals surface area contributed by atoms with Crippen LogP contribution >= 0.6 is 11.9 Å². The molecule has 2 saturated heterocycles. The van der Waals surface area contributed by atoms with Crippen molar-refractivity contribution in [2.45, 2.75) is 6.17 Å². The molecule has 0 aliphatic carbocycles. The Kier molecular flexibility index (Phi) is 3.24. The van der Waals surface area contributed by atoms with Crippen LogP contribution in [0, 0.1) is 0 Å². The summed E-state index contributed by atoms with van der Waals surface area (Å²) in [7, 11) is 0. The summed E-state index contributed by atoms with van der Waals surface area (Å²) in [6.45, 7) is 4.43. The van der Waals surface area contributed by atoms with Crippen LogP contribution in [0.25, 0.3) is 0 Å². The smallest absolute Gasteiger partial charge is 0.107 e. The van der Waals surface area contributed by atoms with Gasteiger partial charge in [0.1, 0.15) is 5.94 Å². The molecule has 1 unspecified atom stereocenters. The van der Waals surface area contributed by atoms with Gasteiger partial charge in [-0.1, -0.05) is 0 Å². The lowest BCUT2D eigenvalue weighted by atomic mass is 10.4. The fraction of sp³-hybridized carbons (Fsp3) is 1.00. The lowest BCUT2D eigenvalue weighted by Crippen LogP contribution is -2.52. The van der Waals surface area contributed by atoms with Gasteiger partial charge < -0.3 is 9.47 Å². The molecule has 2 rings (SSSR count). The van der Waals surface area contributed by atoms with Crippen molar-refractivity contribution in [3.05, 3.63) is 0 Å². The fourth-order valence-electron chi connectivity index (χ4n) is 1.37. The number of hydrogen-bond acceptors (Lipinski definition) is 5. The van der Waals surface area contributed by atoms with Crippen molar-refractivity contribution in [3.8, 4) is 0 Å². The zero-order valence-electron chi connectivity index (χ0n) is 6.99. The zero-order valence-corrected chi connectivity index (χ0v) is 7.81. The molecule has 12 heavy (non-hydrogen) atoms. The highest BCUT2D eigenvalue weighted by atomic mass is 32.2. The van der Waals surface area contributed by atoms with E-state index in [9.17, 15) is 0 Å². The summed E-state index contributed by atoms with van der Waals surface area (Å²) in [6.07, 6.45) is 0.382. The van der Waals surface area contributed by atoms with E-state index in [2.05, 4.69) is 9.62 Å². The molecule has 0 amide bonds. The molecule has 2 fully saturated rings. The Morgan fingerprint density at radius 2 is 2.33 bits per heavy atom. The first kappa shape index (κ1) is 8.77. The summed E-state index contributed by atoms with van der Waals surface area (Å²) in [5, 5.41) is 3.41. The molecule has 2 heterocycles. The van der Waals surface area contributed by atoms with E-state index in [1.54, 1.807) is 11.9 Å². The van der Waals surface area contributed by atoms with Crippen molar-refractivity contribution >= 4 is 11.9 Å². The molecule has 0 bridgehead atoms. The quantitative estimate of drug-likeness (QED) is 0.583. The number of rotatable bonds is 1. The number of hydrogen-bond donors (Lipinski definition) is 1. The van der Waals surface area contributed by atoms with Gasteiger partial charge in [0.2, 0.25) is 0 Å². The summed E-state index contributed by atoms with van der Waals surface area (Å²) >= 11 is 1.74. The molecule has 0 aromatic carbocycles. The predicted octanol–water partition coefficient (Wildman–Crippen LogP) is -0.130. The molecule has 0 spiro atoms. The number of nitrogens with one attached hydrogen (secondary N) is 1. The maximum Gasteiger partial charge on any atom is 0.107 e. The Morgan fingerprint density at radius 1 is 1.33 bits per heavy atom. The molecule has 5 heteroatoms. The topological polar surface area (TPSA) is 33.7 Å². The summed E-state index contributed by atoms with van der Waals surface area (Å²) in [5.74, 6) is 0.776. The van der Waals surface area contributed by atoms with Gasteiger partial charge in [0, 0.05) is 13.1 Å². The van der Waals surface area contributed by atoms with E-state index in [0.717, 1.165) is 38.8 Å². The lowest BCUT2D eigenvalue weighted by molar-refractivity contribution is 0.0283. The van der Waals surface area contributed by atoms with Crippen LogP contribution < -0.4 is 5.32 Å². The van der Waals surface area contributed by atoms with Crippen molar-refractivity contribution in [2.24, 2.45) is 0 Å². The molecule has 1 N–H and O–H groups in total. The van der Waals surface area contributed by atoms with Crippen molar-refractivity contribution < 1.29 is 9.47 Å². The maximum atomic E-state index is 5.38. The molecule has 0 aromatic rings. The average molecular weight is 190 g/mol. The molecule has 0 saturated carbocycles. The van der Waals surface area contributed by atoms with Gasteiger partial charge in [-0.25, -0.2) is 4.31 Å². The molecule has 1 atom stereocenters. The summed E-state index contributed by atoms with van der Waals surface area (Å²) in [4.78, 5) is 0. The fourth-order valence-corrected chi connectivity index (χ4v) is 2.21. The van der Waals surface area contributed by atoms with Gasteiger partial charge >= 0.3 is 0 Å². The maximum absolute atomic E-state index is 5.38. The van der Waals surface area contributed by atoms with Crippen molar-refractivity contribution in [1.29, 1.82) is 0 Å². The van der Waals surface area contributed by atoms with Crippen molar-refractivity contribution in [2.75, 3.05) is 38.8 Å². The first-order chi connectivity index (χ1) is 5.97. The Morgan fingerprint density at radius 3 is 3.00 bits per heavy atom. The van der Waals surface area contributed by atoms with E-state index in [-0.39, 0.29) is 0 Å². The highest BCUT2D eigenvalue weighted by Gasteiger charge is 2.23. The third kappa shape index (κ3) is 2.11. The number of ether oxygens (including phenoxy) is 2. The molecule has 0 radical (unpaired) electrons. The second kappa shape index (κ2) is 4.43. The minimum absolute atomic E-state index is 0.382. The van der Waals surface area contributed by atoms with Crippen LogP contribution in [0.2, 0.25) is 0 Å². The highest BCUT2D eigenvalue weighted by molar-refractivity contribution is 7.96. The monoisotopic (exact) mass is 190 g/mol. The van der Waals surface area contributed by atoms with Crippen LogP contribution in [0.15, 0.2) is 0 Å². The zero-order chi connectivity index (χ0) is 8.23. The molecule has 0 aromatic heterocycles. The lowest BCUT2D eigenvalue weighted by Gasteiger charge is -2.35. The van der Waals surface area contributed by atoms with E-state index in [0.29, 0.717) is 6.17 Å². The predicted molar refractivity (Wildman–Crippen MR) is 47.7 cm³/mol. The van der Waals surface area contributed by atoms with Gasteiger partial charge in [-0.3, -0.25) is 5.32 Å². The van der Waals surface area contributed by atoms with E-state index in [4.69, 9.17) is 9.47 Å². The van der Waals surface area contributed by atoms with Gasteiger partial charge in [-0.15, -0.1) is 0 Å². The Balaban J connectivity index is 1.80. The minimum Gasteiger partial charge on any atom is -0.377 e. The molecular weight excluding hydrogens is 176 g/mol. The summed E-state index contributed by atoms with van der Waals surface area (Å²) < 4.78 is 12.9. The SMILES string of the molecule is C1COCC(N2CCOCS2)N1. The number of morpholine rings is 1. The van der Waals surface area contributed by atoms with Crippen LogP contribution in [0.3, 0.4) is 0 Å². The highest BCUT2D eigenvalue weighted by Crippen LogP contribution is 2.18. The first-order valence-corrected chi connectivity index (χ1v) is 5.19. The van der Waals surface area contributed by atoms with Crippen LogP contribution in [-0.2, 0) is 9.47 Å². The van der Waals surface area contributed by atoms with Crippen molar-refractivity contribution in [3.63, 3.8) is 0 Å². The third-order valence-corrected chi connectivity index (χ3v) is 3.05. The van der Waals surface area contributed by atoms with Crippen molar-refractivity contribution in [1.82, 2.24) is 9.62 Å². The second-order valence-electron chi connectivity index (χ2n) is 2.84. The average Bonchev–Trinajstić information content (AvgIpc) is 2.21. The van der Waals surface area contributed by atoms with E-state index in [1.165, 1.54) is 0 Å². The van der Waals surface area contributed by atoms with E-state index < -0.39 is 0 Å². The van der Waals surface area contributed by atoms with Gasteiger partial charge in [0.05, 0.1) is 26.0 Å². The van der Waals surface area contributed by atoms with E-state index in [1.807, 2.05) is 0 Å². The van der Waals surface area contributed by atoms with E-state index >= 15 is 0 Å². The van der Waals surface area contributed by atoms with Crippen LogP contribution in [0.5, 0.6) is 0 Å². The third-order valence-electron chi connectivity index (χ3n) is 2.01. The van der Waals surface area contributed by atoms with Gasteiger partial charge in [0.25, 0.3) is 0 Å². The number of nitrogens with zero attached hydrogens (tertiary/aromatic N) is 1. The molecule has 2 aliphatic heterocycles. The molecule has 4 nitrogen and oxygen atoms in total. The largest absolute Gasteiger partial charge is 0.377 e. The molecule has 70 valence electrons. The van der Waals surface area contributed by atoms with Gasteiger partial charge in [-0.2, -0.15) is 0 Å². The van der Waals surface area contributed by atoms with Crippen LogP contribution in [0.4, 0.5) is 0 Å². The Hall–Kier alpha value is 0.190. The van der Waals surface area contributed by atoms with Gasteiger partial charge in [0.15, 0.2) is 0 Å². The second-order valence-corrected chi connectivity index (χ2v) is 3.80. The molecular formula is C7H14N2O2S. The Labute approximate surface area is 76.7 Å².